The molecule has 22 heavy (non-hydrogen) atoms. The van der Waals surface area contributed by atoms with Crippen LogP contribution in [0.4, 0.5) is 0 Å². The van der Waals surface area contributed by atoms with E-state index in [1.807, 2.05) is 60.7 Å². The summed E-state index contributed by atoms with van der Waals surface area (Å²) in [5, 5.41) is 19.0. The van der Waals surface area contributed by atoms with Crippen molar-refractivity contribution in [2.75, 3.05) is 6.61 Å². The summed E-state index contributed by atoms with van der Waals surface area (Å²) in [5.74, 6) is -0.359. The fraction of sp³-hybridized carbons (Fsp3) is 0.176. The molecular formula is C17H17N2O2S+. The number of diazo groups is 1. The summed E-state index contributed by atoms with van der Waals surface area (Å²) in [7, 11) is 0. The number of hydrogen-bond donors (Lipinski definition) is 1. The first-order chi connectivity index (χ1) is 10.8. The fourth-order valence-electron chi connectivity index (χ4n) is 1.96. The lowest BCUT2D eigenvalue weighted by Crippen LogP contribution is -2.02. The second-order valence-corrected chi connectivity index (χ2v) is 5.62. The summed E-state index contributed by atoms with van der Waals surface area (Å²) < 4.78 is 5.10. The van der Waals surface area contributed by atoms with Crippen LogP contribution in [0.2, 0.25) is 0 Å². The number of aliphatic hydroxyl groups is 1. The highest BCUT2D eigenvalue weighted by atomic mass is 32.2. The summed E-state index contributed by atoms with van der Waals surface area (Å²) in [6.45, 7) is 2.05. The van der Waals surface area contributed by atoms with Crippen molar-refractivity contribution in [1.82, 2.24) is 0 Å². The van der Waals surface area contributed by atoms with E-state index < -0.39 is 0 Å². The summed E-state index contributed by atoms with van der Waals surface area (Å²) in [6.07, 6.45) is 0. The van der Waals surface area contributed by atoms with Gasteiger partial charge in [-0.3, -0.25) is 0 Å². The van der Waals surface area contributed by atoms with Gasteiger partial charge in [0.1, 0.15) is 5.25 Å². The van der Waals surface area contributed by atoms with Crippen molar-refractivity contribution in [3.8, 4) is 0 Å². The van der Waals surface area contributed by atoms with Gasteiger partial charge in [0.15, 0.2) is 4.98 Å². The molecule has 1 unspecified atom stereocenters. The maximum Gasteiger partial charge on any atom is 0.457 e. The SMILES string of the molecule is CCO/C(O)=C(\[N+]#N)C(Sc1ccccc1)c1ccccc1. The molecule has 0 aliphatic rings. The van der Waals surface area contributed by atoms with Crippen molar-refractivity contribution < 1.29 is 9.84 Å². The Hall–Kier alpha value is -2.45. The molecule has 4 nitrogen and oxygen atoms in total. The van der Waals surface area contributed by atoms with Crippen molar-refractivity contribution in [1.29, 1.82) is 5.39 Å². The van der Waals surface area contributed by atoms with Crippen LogP contribution in [-0.4, -0.2) is 11.7 Å². The Morgan fingerprint density at radius 3 is 2.27 bits per heavy atom. The quantitative estimate of drug-likeness (QED) is 0.456. The molecule has 1 atom stereocenters. The van der Waals surface area contributed by atoms with Crippen LogP contribution in [-0.2, 0) is 4.74 Å². The average molecular weight is 313 g/mol. The highest BCUT2D eigenvalue weighted by molar-refractivity contribution is 7.99. The lowest BCUT2D eigenvalue weighted by atomic mass is 10.1. The monoisotopic (exact) mass is 313 g/mol. The molecule has 0 amide bonds. The largest absolute Gasteiger partial charge is 0.475 e. The van der Waals surface area contributed by atoms with Crippen LogP contribution in [0.1, 0.15) is 17.7 Å². The molecule has 5 heteroatoms. The normalized spacial score (nSPS) is 12.9. The fourth-order valence-corrected chi connectivity index (χ4v) is 3.10. The topological polar surface area (TPSA) is 57.6 Å². The zero-order valence-corrected chi connectivity index (χ0v) is 13.0. The van der Waals surface area contributed by atoms with Gasteiger partial charge in [0.25, 0.3) is 0 Å². The Bertz CT molecular complexity index is 666. The van der Waals surface area contributed by atoms with E-state index in [1.54, 1.807) is 6.92 Å². The minimum absolute atomic E-state index is 0.0990. The van der Waals surface area contributed by atoms with Gasteiger partial charge in [0.05, 0.1) is 6.61 Å². The summed E-state index contributed by atoms with van der Waals surface area (Å²) in [6, 6.07) is 19.3. The summed E-state index contributed by atoms with van der Waals surface area (Å²) in [5.41, 5.74) is 1.01. The molecule has 0 spiro atoms. The van der Waals surface area contributed by atoms with Gasteiger partial charge >= 0.3 is 11.6 Å². The first-order valence-electron chi connectivity index (χ1n) is 6.94. The maximum absolute atomic E-state index is 10.0. The highest BCUT2D eigenvalue weighted by Crippen LogP contribution is 2.42. The molecule has 0 bridgehead atoms. The first-order valence-corrected chi connectivity index (χ1v) is 7.82. The van der Waals surface area contributed by atoms with Crippen LogP contribution in [0.15, 0.2) is 77.2 Å². The molecule has 2 aromatic rings. The van der Waals surface area contributed by atoms with Gasteiger partial charge < -0.3 is 9.84 Å². The number of nitrogens with zero attached hydrogens (tertiary/aromatic N) is 2. The lowest BCUT2D eigenvalue weighted by Gasteiger charge is -2.11. The van der Waals surface area contributed by atoms with Gasteiger partial charge in [-0.1, -0.05) is 48.5 Å². The molecule has 0 fully saturated rings. The molecule has 0 radical (unpaired) electrons. The number of rotatable bonds is 6. The van der Waals surface area contributed by atoms with E-state index >= 15 is 0 Å². The predicted molar refractivity (Wildman–Crippen MR) is 87.8 cm³/mol. The Morgan fingerprint density at radius 1 is 1.14 bits per heavy atom. The zero-order chi connectivity index (χ0) is 15.8. The molecule has 0 saturated heterocycles. The van der Waals surface area contributed by atoms with Crippen LogP contribution in [0.3, 0.4) is 0 Å². The third kappa shape index (κ3) is 4.03. The third-order valence-electron chi connectivity index (χ3n) is 2.96. The van der Waals surface area contributed by atoms with Gasteiger partial charge in [0, 0.05) is 4.90 Å². The second kappa shape index (κ2) is 8.11. The number of benzene rings is 2. The minimum Gasteiger partial charge on any atom is -0.475 e. The van der Waals surface area contributed by atoms with Crippen molar-refractivity contribution in [2.45, 2.75) is 17.1 Å². The molecule has 1 N–H and O–H groups in total. The summed E-state index contributed by atoms with van der Waals surface area (Å²) in [4.78, 5) is 4.26. The molecule has 2 aromatic carbocycles. The maximum atomic E-state index is 10.0. The molecule has 0 aliphatic heterocycles. The molecular weight excluding hydrogens is 296 g/mol. The van der Waals surface area contributed by atoms with Gasteiger partial charge in [-0.25, -0.2) is 0 Å². The number of thioether (sulfide) groups is 1. The Labute approximate surface area is 134 Å². The van der Waals surface area contributed by atoms with Crippen LogP contribution < -0.4 is 0 Å². The number of ether oxygens (including phenoxy) is 1. The number of aliphatic hydroxyl groups excluding tert-OH is 1. The zero-order valence-electron chi connectivity index (χ0n) is 12.2. The Kier molecular flexibility index (Phi) is 5.87. The first kappa shape index (κ1) is 15.9. The van der Waals surface area contributed by atoms with E-state index in [0.29, 0.717) is 6.61 Å². The number of hydrogen-bond acceptors (Lipinski definition) is 4. The molecule has 112 valence electrons. The molecule has 0 aromatic heterocycles. The third-order valence-corrected chi connectivity index (χ3v) is 4.23. The van der Waals surface area contributed by atoms with Crippen LogP contribution in [0.5, 0.6) is 0 Å². The molecule has 0 aliphatic carbocycles. The van der Waals surface area contributed by atoms with Crippen LogP contribution in [0.25, 0.3) is 4.98 Å². The standard InChI is InChI=1S/C17H16N2O2S/c1-2-21-17(20)15(19-18)16(13-9-5-3-6-10-13)22-14-11-7-4-8-12-14/h3-12,16H,2H2,1H3/p+1/b17-15-. The molecule has 0 saturated carbocycles. The van der Waals surface area contributed by atoms with E-state index in [1.165, 1.54) is 11.8 Å². The van der Waals surface area contributed by atoms with E-state index in [-0.39, 0.29) is 16.9 Å². The second-order valence-electron chi connectivity index (χ2n) is 4.45. The van der Waals surface area contributed by atoms with Crippen molar-refractivity contribution in [3.05, 3.63) is 82.8 Å². The predicted octanol–water partition coefficient (Wildman–Crippen LogP) is 5.14. The van der Waals surface area contributed by atoms with Gasteiger partial charge in [0.2, 0.25) is 5.39 Å². The van der Waals surface area contributed by atoms with Gasteiger partial charge in [-0.15, -0.1) is 11.8 Å². The molecule has 0 heterocycles. The van der Waals surface area contributed by atoms with E-state index in [9.17, 15) is 10.5 Å². The van der Waals surface area contributed by atoms with Gasteiger partial charge in [-0.2, -0.15) is 0 Å². The van der Waals surface area contributed by atoms with Crippen LogP contribution in [0, 0.1) is 5.39 Å². The van der Waals surface area contributed by atoms with Crippen LogP contribution >= 0.6 is 11.8 Å². The van der Waals surface area contributed by atoms with Crippen molar-refractivity contribution in [3.63, 3.8) is 0 Å². The van der Waals surface area contributed by atoms with E-state index in [0.717, 1.165) is 10.5 Å². The Balaban J connectivity index is 2.42. The lowest BCUT2D eigenvalue weighted by molar-refractivity contribution is 0.0981. The Morgan fingerprint density at radius 2 is 1.73 bits per heavy atom. The highest BCUT2D eigenvalue weighted by Gasteiger charge is 2.34. The molecule has 2 rings (SSSR count). The smallest absolute Gasteiger partial charge is 0.457 e. The van der Waals surface area contributed by atoms with Crippen molar-refractivity contribution in [2.24, 2.45) is 0 Å². The average Bonchev–Trinajstić information content (AvgIpc) is 2.56. The minimum atomic E-state index is -0.375. The summed E-state index contributed by atoms with van der Waals surface area (Å²) >= 11 is 1.48. The van der Waals surface area contributed by atoms with E-state index in [4.69, 9.17) is 4.74 Å². The van der Waals surface area contributed by atoms with Gasteiger partial charge in [-0.05, 0) is 24.6 Å². The van der Waals surface area contributed by atoms with E-state index in [2.05, 4.69) is 4.98 Å². The van der Waals surface area contributed by atoms with Crippen molar-refractivity contribution >= 4 is 11.8 Å².